The first-order chi connectivity index (χ1) is 14.2. The summed E-state index contributed by atoms with van der Waals surface area (Å²) in [6.07, 6.45) is 5.37. The number of hydrogen-bond donors (Lipinski definition) is 0. The third kappa shape index (κ3) is 3.82. The van der Waals surface area contributed by atoms with Gasteiger partial charge in [0.05, 0.1) is 5.52 Å². The minimum absolute atomic E-state index is 0.0193. The highest BCUT2D eigenvalue weighted by molar-refractivity contribution is 5.83. The molecule has 1 aromatic heterocycles. The molecule has 1 aliphatic carbocycles. The second-order valence-electron chi connectivity index (χ2n) is 7.98. The number of aromatic nitrogens is 1. The Bertz CT molecular complexity index is 1060. The molecule has 0 bridgehead atoms. The summed E-state index contributed by atoms with van der Waals surface area (Å²) in [6, 6.07) is 14.8. The first-order valence-corrected chi connectivity index (χ1v) is 10.3. The molecule has 2 heterocycles. The van der Waals surface area contributed by atoms with Crippen LogP contribution in [0.15, 0.2) is 54.7 Å². The van der Waals surface area contributed by atoms with E-state index in [0.29, 0.717) is 17.2 Å². The van der Waals surface area contributed by atoms with Gasteiger partial charge in [-0.05, 0) is 37.1 Å². The predicted octanol–water partition coefficient (Wildman–Crippen LogP) is 4.82. The molecule has 1 aliphatic heterocycles. The molecule has 2 aromatic carbocycles. The molecule has 0 radical (unpaired) electrons. The highest BCUT2D eigenvalue weighted by Crippen LogP contribution is 2.33. The van der Waals surface area contributed by atoms with E-state index in [1.807, 2.05) is 41.3 Å². The maximum Gasteiger partial charge on any atom is 0.225 e. The number of carbonyl (C=O) groups is 1. The second-order valence-corrected chi connectivity index (χ2v) is 7.98. The zero-order chi connectivity index (χ0) is 19.8. The van der Waals surface area contributed by atoms with Crippen LogP contribution < -0.4 is 4.74 Å². The molecule has 0 spiro atoms. The van der Waals surface area contributed by atoms with Crippen molar-refractivity contribution in [1.29, 1.82) is 0 Å². The summed E-state index contributed by atoms with van der Waals surface area (Å²) in [5.41, 5.74) is 2.16. The Balaban J connectivity index is 1.26. The highest BCUT2D eigenvalue weighted by atomic mass is 19.1. The molecule has 1 amide bonds. The Morgan fingerprint density at radius 2 is 1.83 bits per heavy atom. The second kappa shape index (κ2) is 7.47. The van der Waals surface area contributed by atoms with E-state index in [-0.39, 0.29) is 17.8 Å². The van der Waals surface area contributed by atoms with Crippen molar-refractivity contribution in [3.63, 3.8) is 0 Å². The Labute approximate surface area is 169 Å². The van der Waals surface area contributed by atoms with Gasteiger partial charge in [0.1, 0.15) is 17.7 Å². The van der Waals surface area contributed by atoms with Crippen LogP contribution in [0, 0.1) is 11.7 Å². The van der Waals surface area contributed by atoms with Crippen molar-refractivity contribution in [2.24, 2.45) is 5.92 Å². The molecular weight excluding hydrogens is 367 g/mol. The largest absolute Gasteiger partial charge is 0.490 e. The number of piperidine rings is 1. The summed E-state index contributed by atoms with van der Waals surface area (Å²) in [6.45, 7) is 1.45. The number of carbonyl (C=O) groups excluding carboxylic acids is 1. The van der Waals surface area contributed by atoms with E-state index in [4.69, 9.17) is 4.74 Å². The SMILES string of the molecule is O=C(C1CC1)N1CCC(Oc2ccc(-c3cnc4ccccc4c3)c(F)c2)CC1. The maximum atomic E-state index is 14.8. The molecule has 4 nitrogen and oxygen atoms in total. The highest BCUT2D eigenvalue weighted by Gasteiger charge is 2.35. The number of nitrogens with zero attached hydrogens (tertiary/aromatic N) is 2. The van der Waals surface area contributed by atoms with E-state index >= 15 is 0 Å². The van der Waals surface area contributed by atoms with E-state index < -0.39 is 0 Å². The van der Waals surface area contributed by atoms with Gasteiger partial charge in [-0.25, -0.2) is 4.39 Å². The van der Waals surface area contributed by atoms with Gasteiger partial charge >= 0.3 is 0 Å². The normalized spacial score (nSPS) is 17.5. The molecular formula is C24H23FN2O2. The van der Waals surface area contributed by atoms with E-state index in [0.717, 1.165) is 55.2 Å². The van der Waals surface area contributed by atoms with Crippen LogP contribution in [0.3, 0.4) is 0 Å². The molecule has 2 aliphatic rings. The lowest BCUT2D eigenvalue weighted by atomic mass is 10.0. The quantitative estimate of drug-likeness (QED) is 0.641. The summed E-state index contributed by atoms with van der Waals surface area (Å²) in [7, 11) is 0. The lowest BCUT2D eigenvalue weighted by Crippen LogP contribution is -2.42. The van der Waals surface area contributed by atoms with Gasteiger partial charge in [-0.1, -0.05) is 18.2 Å². The summed E-state index contributed by atoms with van der Waals surface area (Å²) in [5.74, 6) is 0.773. The Kier molecular flexibility index (Phi) is 4.66. The fourth-order valence-electron chi connectivity index (χ4n) is 4.00. The maximum absolute atomic E-state index is 14.8. The van der Waals surface area contributed by atoms with Crippen molar-refractivity contribution < 1.29 is 13.9 Å². The monoisotopic (exact) mass is 390 g/mol. The van der Waals surface area contributed by atoms with Gasteiger partial charge in [0.25, 0.3) is 0 Å². The number of halogens is 1. The van der Waals surface area contributed by atoms with Gasteiger partial charge in [-0.2, -0.15) is 0 Å². The molecule has 1 saturated carbocycles. The molecule has 2 fully saturated rings. The molecule has 5 heteroatoms. The van der Waals surface area contributed by atoms with Crippen molar-refractivity contribution >= 4 is 16.8 Å². The van der Waals surface area contributed by atoms with E-state index in [1.165, 1.54) is 6.07 Å². The number of hydrogen-bond acceptors (Lipinski definition) is 3. The van der Waals surface area contributed by atoms with E-state index in [2.05, 4.69) is 4.98 Å². The molecule has 148 valence electrons. The van der Waals surface area contributed by atoms with Gasteiger partial charge in [-0.3, -0.25) is 9.78 Å². The van der Waals surface area contributed by atoms with Gasteiger partial charge in [0, 0.05) is 60.6 Å². The summed E-state index contributed by atoms with van der Waals surface area (Å²) >= 11 is 0. The lowest BCUT2D eigenvalue weighted by Gasteiger charge is -2.32. The zero-order valence-corrected chi connectivity index (χ0v) is 16.2. The topological polar surface area (TPSA) is 42.4 Å². The van der Waals surface area contributed by atoms with Crippen LogP contribution in [0.5, 0.6) is 5.75 Å². The fraction of sp³-hybridized carbons (Fsp3) is 0.333. The van der Waals surface area contributed by atoms with Crippen LogP contribution in [-0.4, -0.2) is 35.0 Å². The minimum Gasteiger partial charge on any atom is -0.490 e. The van der Waals surface area contributed by atoms with Gasteiger partial charge in [0.15, 0.2) is 0 Å². The van der Waals surface area contributed by atoms with Gasteiger partial charge < -0.3 is 9.64 Å². The summed E-state index contributed by atoms with van der Waals surface area (Å²) in [5, 5.41) is 0.984. The number of ether oxygens (including phenoxy) is 1. The standard InChI is InChI=1S/C24H23FN2O2/c25-22-14-20(29-19-9-11-27(12-10-19)24(28)16-5-6-16)7-8-21(22)18-13-17-3-1-2-4-23(17)26-15-18/h1-4,7-8,13-16,19H,5-6,9-12H2. The molecule has 0 unspecified atom stereocenters. The van der Waals surface area contributed by atoms with Crippen LogP contribution in [0.1, 0.15) is 25.7 Å². The van der Waals surface area contributed by atoms with Crippen molar-refractivity contribution in [2.75, 3.05) is 13.1 Å². The number of amides is 1. The van der Waals surface area contributed by atoms with Crippen molar-refractivity contribution in [3.05, 3.63) is 60.5 Å². The Morgan fingerprint density at radius 1 is 1.03 bits per heavy atom. The summed E-state index contributed by atoms with van der Waals surface area (Å²) in [4.78, 5) is 18.5. The average Bonchev–Trinajstić information content (AvgIpc) is 3.59. The van der Waals surface area contributed by atoms with Gasteiger partial charge in [-0.15, -0.1) is 0 Å². The van der Waals surface area contributed by atoms with Crippen molar-refractivity contribution in [2.45, 2.75) is 31.8 Å². The van der Waals surface area contributed by atoms with Gasteiger partial charge in [0.2, 0.25) is 5.91 Å². The minimum atomic E-state index is -0.319. The summed E-state index contributed by atoms with van der Waals surface area (Å²) < 4.78 is 20.8. The van der Waals surface area contributed by atoms with Crippen LogP contribution >= 0.6 is 0 Å². The third-order valence-electron chi connectivity index (χ3n) is 5.83. The van der Waals surface area contributed by atoms with Crippen LogP contribution in [0.4, 0.5) is 4.39 Å². The van der Waals surface area contributed by atoms with Crippen LogP contribution in [0.25, 0.3) is 22.0 Å². The molecule has 5 rings (SSSR count). The molecule has 3 aromatic rings. The van der Waals surface area contributed by atoms with Crippen LogP contribution in [0.2, 0.25) is 0 Å². The molecule has 29 heavy (non-hydrogen) atoms. The van der Waals surface area contributed by atoms with E-state index in [1.54, 1.807) is 12.3 Å². The molecule has 0 N–H and O–H groups in total. The predicted molar refractivity (Wildman–Crippen MR) is 110 cm³/mol. The number of benzene rings is 2. The number of fused-ring (bicyclic) bond motifs is 1. The number of rotatable bonds is 4. The van der Waals surface area contributed by atoms with Crippen molar-refractivity contribution in [3.8, 4) is 16.9 Å². The molecule has 0 atom stereocenters. The first kappa shape index (κ1) is 18.1. The Hall–Kier alpha value is -2.95. The Morgan fingerprint density at radius 3 is 2.59 bits per heavy atom. The lowest BCUT2D eigenvalue weighted by molar-refractivity contribution is -0.134. The smallest absolute Gasteiger partial charge is 0.225 e. The van der Waals surface area contributed by atoms with Crippen LogP contribution in [-0.2, 0) is 4.79 Å². The zero-order valence-electron chi connectivity index (χ0n) is 16.2. The van der Waals surface area contributed by atoms with Crippen molar-refractivity contribution in [1.82, 2.24) is 9.88 Å². The number of pyridine rings is 1. The molecule has 1 saturated heterocycles. The van der Waals surface area contributed by atoms with E-state index in [9.17, 15) is 9.18 Å². The first-order valence-electron chi connectivity index (χ1n) is 10.3. The number of para-hydroxylation sites is 1. The number of likely N-dealkylation sites (tertiary alicyclic amines) is 1. The third-order valence-corrected chi connectivity index (χ3v) is 5.83. The fourth-order valence-corrected chi connectivity index (χ4v) is 4.00. The average molecular weight is 390 g/mol.